The molecule has 0 saturated carbocycles. The summed E-state index contributed by atoms with van der Waals surface area (Å²) in [6, 6.07) is 3.13. The Balaban J connectivity index is 2.44. The van der Waals surface area contributed by atoms with E-state index in [1.54, 1.807) is 26.0 Å². The second-order valence-corrected chi connectivity index (χ2v) is 4.59. The number of amides is 1. The van der Waals surface area contributed by atoms with Gasteiger partial charge in [0.25, 0.3) is 5.91 Å². The van der Waals surface area contributed by atoms with Gasteiger partial charge >= 0.3 is 0 Å². The fourth-order valence-corrected chi connectivity index (χ4v) is 1.86. The smallest absolute Gasteiger partial charge is 0.262 e. The number of ether oxygens (including phenoxy) is 1. The minimum absolute atomic E-state index is 0.0378. The summed E-state index contributed by atoms with van der Waals surface area (Å²) in [7, 11) is 0. The zero-order valence-electron chi connectivity index (χ0n) is 9.54. The van der Waals surface area contributed by atoms with Crippen LogP contribution in [0.3, 0.4) is 0 Å². The highest BCUT2D eigenvalue weighted by molar-refractivity contribution is 6.34. The van der Waals surface area contributed by atoms with Crippen molar-refractivity contribution in [2.24, 2.45) is 5.92 Å². The third kappa shape index (κ3) is 2.26. The molecule has 0 spiro atoms. The van der Waals surface area contributed by atoms with Crippen LogP contribution in [0.2, 0.25) is 5.02 Å². The fourth-order valence-electron chi connectivity index (χ4n) is 1.60. The van der Waals surface area contributed by atoms with Gasteiger partial charge in [0.1, 0.15) is 5.75 Å². The Morgan fingerprint density at radius 1 is 1.47 bits per heavy atom. The predicted molar refractivity (Wildman–Crippen MR) is 64.7 cm³/mol. The van der Waals surface area contributed by atoms with Crippen LogP contribution >= 0.6 is 11.6 Å². The van der Waals surface area contributed by atoms with E-state index in [1.165, 1.54) is 0 Å². The maximum Gasteiger partial charge on any atom is 0.262 e. The van der Waals surface area contributed by atoms with Crippen LogP contribution in [0.1, 0.15) is 24.2 Å². The van der Waals surface area contributed by atoms with Crippen LogP contribution in [0.5, 0.6) is 5.75 Å². The largest absolute Gasteiger partial charge is 0.482 e. The lowest BCUT2D eigenvalue weighted by Gasteiger charge is -2.19. The first-order valence-electron chi connectivity index (χ1n) is 5.29. The molecule has 1 N–H and O–H groups in total. The normalized spacial score (nSPS) is 14.0. The molecule has 0 saturated heterocycles. The highest BCUT2D eigenvalue weighted by Gasteiger charge is 2.21. The zero-order valence-corrected chi connectivity index (χ0v) is 10.3. The first-order valence-corrected chi connectivity index (χ1v) is 5.67. The van der Waals surface area contributed by atoms with Crippen molar-refractivity contribution in [3.8, 4) is 5.75 Å². The second kappa shape index (κ2) is 4.37. The summed E-state index contributed by atoms with van der Waals surface area (Å²) in [5.74, 6) is 0.0801. The Kier molecular flexibility index (Phi) is 3.07. The third-order valence-electron chi connectivity index (χ3n) is 2.49. The van der Waals surface area contributed by atoms with Crippen LogP contribution < -0.4 is 10.1 Å². The van der Waals surface area contributed by atoms with Crippen molar-refractivity contribution in [2.45, 2.75) is 13.8 Å². The van der Waals surface area contributed by atoms with Crippen molar-refractivity contribution in [2.75, 3.05) is 11.9 Å². The molecule has 1 amide bonds. The molecule has 1 aliphatic heterocycles. The van der Waals surface area contributed by atoms with E-state index in [1.807, 2.05) is 0 Å². The Morgan fingerprint density at radius 3 is 2.82 bits per heavy atom. The van der Waals surface area contributed by atoms with Gasteiger partial charge in [-0.05, 0) is 12.1 Å². The van der Waals surface area contributed by atoms with Crippen LogP contribution in [0.15, 0.2) is 12.1 Å². The quantitative estimate of drug-likeness (QED) is 0.824. The van der Waals surface area contributed by atoms with Crippen LogP contribution in [0.4, 0.5) is 5.69 Å². The second-order valence-electron chi connectivity index (χ2n) is 4.18. The number of rotatable bonds is 2. The molecule has 0 radical (unpaired) electrons. The summed E-state index contributed by atoms with van der Waals surface area (Å²) in [5.41, 5.74) is 0.933. The van der Waals surface area contributed by atoms with Crippen molar-refractivity contribution in [3.63, 3.8) is 0 Å². The average Bonchev–Trinajstić information content (AvgIpc) is 2.27. The number of carbonyl (C=O) groups excluding carboxylic acids is 2. The van der Waals surface area contributed by atoms with E-state index in [-0.39, 0.29) is 24.2 Å². The first kappa shape index (κ1) is 11.9. The number of nitrogens with one attached hydrogen (secondary N) is 1. The number of carbonyl (C=O) groups is 2. The molecular formula is C12H12ClNO3. The third-order valence-corrected chi connectivity index (χ3v) is 2.80. The van der Waals surface area contributed by atoms with Gasteiger partial charge in [0.2, 0.25) is 0 Å². The summed E-state index contributed by atoms with van der Waals surface area (Å²) < 4.78 is 5.24. The number of hydrogen-bond acceptors (Lipinski definition) is 3. The molecule has 0 bridgehead atoms. The van der Waals surface area contributed by atoms with Crippen LogP contribution in [-0.2, 0) is 4.79 Å². The summed E-state index contributed by atoms with van der Waals surface area (Å²) in [6.45, 7) is 3.57. The van der Waals surface area contributed by atoms with Crippen molar-refractivity contribution >= 4 is 29.0 Å². The highest BCUT2D eigenvalue weighted by Crippen LogP contribution is 2.34. The summed E-state index contributed by atoms with van der Waals surface area (Å²) in [4.78, 5) is 23.0. The predicted octanol–water partition coefficient (Wildman–Crippen LogP) is 2.51. The molecule has 0 fully saturated rings. The molecule has 17 heavy (non-hydrogen) atoms. The van der Waals surface area contributed by atoms with Crippen molar-refractivity contribution in [3.05, 3.63) is 22.7 Å². The van der Waals surface area contributed by atoms with E-state index in [2.05, 4.69) is 5.32 Å². The lowest BCUT2D eigenvalue weighted by atomic mass is 10.00. The van der Waals surface area contributed by atoms with Gasteiger partial charge in [-0.3, -0.25) is 9.59 Å². The van der Waals surface area contributed by atoms with Gasteiger partial charge in [0.05, 0.1) is 10.7 Å². The Morgan fingerprint density at radius 2 is 2.18 bits per heavy atom. The van der Waals surface area contributed by atoms with Crippen LogP contribution in [-0.4, -0.2) is 18.3 Å². The number of halogens is 1. The van der Waals surface area contributed by atoms with Gasteiger partial charge in [-0.25, -0.2) is 0 Å². The van der Waals surface area contributed by atoms with Crippen molar-refractivity contribution < 1.29 is 14.3 Å². The molecule has 4 nitrogen and oxygen atoms in total. The van der Waals surface area contributed by atoms with Gasteiger partial charge in [-0.2, -0.15) is 0 Å². The van der Waals surface area contributed by atoms with E-state index in [4.69, 9.17) is 16.3 Å². The molecule has 0 unspecified atom stereocenters. The minimum atomic E-state index is -0.225. The molecule has 2 rings (SSSR count). The average molecular weight is 254 g/mol. The van der Waals surface area contributed by atoms with Crippen molar-refractivity contribution in [1.29, 1.82) is 0 Å². The van der Waals surface area contributed by atoms with Gasteiger partial charge in [-0.15, -0.1) is 0 Å². The lowest BCUT2D eigenvalue weighted by molar-refractivity contribution is -0.118. The lowest BCUT2D eigenvalue weighted by Crippen LogP contribution is -2.25. The number of hydrogen-bond donors (Lipinski definition) is 1. The SMILES string of the molecule is CC(C)C(=O)c1cc2c(cc1Cl)NC(=O)CO2. The van der Waals surface area contributed by atoms with Gasteiger partial charge in [0, 0.05) is 11.5 Å². The Bertz CT molecular complexity index is 497. The zero-order chi connectivity index (χ0) is 12.6. The number of fused-ring (bicyclic) bond motifs is 1. The molecule has 90 valence electrons. The van der Waals surface area contributed by atoms with Gasteiger partial charge in [-0.1, -0.05) is 25.4 Å². The minimum Gasteiger partial charge on any atom is -0.482 e. The summed E-state index contributed by atoms with van der Waals surface area (Å²) >= 11 is 6.02. The number of ketones is 1. The van der Waals surface area contributed by atoms with E-state index >= 15 is 0 Å². The molecule has 1 aliphatic rings. The van der Waals surface area contributed by atoms with E-state index in [0.29, 0.717) is 22.0 Å². The van der Waals surface area contributed by atoms with Gasteiger partial charge < -0.3 is 10.1 Å². The van der Waals surface area contributed by atoms with E-state index < -0.39 is 0 Å². The molecule has 5 heteroatoms. The van der Waals surface area contributed by atoms with E-state index in [9.17, 15) is 9.59 Å². The van der Waals surface area contributed by atoms with Crippen LogP contribution in [0, 0.1) is 5.92 Å². The molecule has 0 atom stereocenters. The Hall–Kier alpha value is -1.55. The molecule has 1 aromatic rings. The molecule has 1 heterocycles. The first-order chi connectivity index (χ1) is 7.99. The Labute approximate surface area is 104 Å². The van der Waals surface area contributed by atoms with Gasteiger partial charge in [0.15, 0.2) is 12.4 Å². The maximum absolute atomic E-state index is 11.9. The fraction of sp³-hybridized carbons (Fsp3) is 0.333. The monoisotopic (exact) mass is 253 g/mol. The van der Waals surface area contributed by atoms with E-state index in [0.717, 1.165) is 0 Å². The van der Waals surface area contributed by atoms with Crippen LogP contribution in [0.25, 0.3) is 0 Å². The standard InChI is InChI=1S/C12H12ClNO3/c1-6(2)12(16)7-3-10-9(4-8(7)13)14-11(15)5-17-10/h3-4,6H,5H2,1-2H3,(H,14,15). The maximum atomic E-state index is 11.9. The molecule has 1 aromatic carbocycles. The summed E-state index contributed by atoms with van der Waals surface area (Å²) in [5, 5.41) is 2.96. The number of anilines is 1. The molecular weight excluding hydrogens is 242 g/mol. The summed E-state index contributed by atoms with van der Waals surface area (Å²) in [6.07, 6.45) is 0. The highest BCUT2D eigenvalue weighted by atomic mass is 35.5. The number of benzene rings is 1. The van der Waals surface area contributed by atoms with Crippen molar-refractivity contribution in [1.82, 2.24) is 0 Å². The number of Topliss-reactive ketones (excluding diaryl/α,β-unsaturated/α-hetero) is 1. The molecule has 0 aliphatic carbocycles. The topological polar surface area (TPSA) is 55.4 Å². The molecule has 0 aromatic heterocycles.